The highest BCUT2D eigenvalue weighted by atomic mass is 32.2. The molecule has 108 valence electrons. The van der Waals surface area contributed by atoms with Gasteiger partial charge in [0.15, 0.2) is 0 Å². The van der Waals surface area contributed by atoms with Crippen LogP contribution in [0.15, 0.2) is 35.2 Å². The zero-order chi connectivity index (χ0) is 14.4. The molecule has 2 aliphatic rings. The van der Waals surface area contributed by atoms with E-state index in [-0.39, 0.29) is 18.3 Å². The Morgan fingerprint density at radius 3 is 2.30 bits per heavy atom. The maximum absolute atomic E-state index is 6.14. The minimum absolute atomic E-state index is 0.0126. The van der Waals surface area contributed by atoms with Gasteiger partial charge in [0.2, 0.25) is 0 Å². The predicted octanol–water partition coefficient (Wildman–Crippen LogP) is 4.26. The molecule has 3 rings (SSSR count). The molecule has 0 amide bonds. The van der Waals surface area contributed by atoms with E-state index in [4.69, 9.17) is 9.31 Å². The third kappa shape index (κ3) is 2.79. The van der Waals surface area contributed by atoms with Crippen LogP contribution < -0.4 is 0 Å². The van der Waals surface area contributed by atoms with Gasteiger partial charge in [0.1, 0.15) is 0 Å². The Balaban J connectivity index is 1.51. The summed E-state index contributed by atoms with van der Waals surface area (Å²) in [5.41, 5.74) is -0.394. The fourth-order valence-electron chi connectivity index (χ4n) is 2.58. The van der Waals surface area contributed by atoms with Crippen LogP contribution in [0.3, 0.4) is 0 Å². The molecule has 0 radical (unpaired) electrons. The molecule has 0 bridgehead atoms. The van der Waals surface area contributed by atoms with Crippen molar-refractivity contribution in [1.82, 2.24) is 0 Å². The summed E-state index contributed by atoms with van der Waals surface area (Å²) in [5.74, 6) is 2.47. The molecule has 20 heavy (non-hydrogen) atoms. The minimum atomic E-state index is -0.197. The molecule has 0 unspecified atom stereocenters. The predicted molar refractivity (Wildman–Crippen MR) is 85.1 cm³/mol. The van der Waals surface area contributed by atoms with E-state index in [1.165, 1.54) is 17.1 Å². The van der Waals surface area contributed by atoms with E-state index in [0.717, 1.165) is 5.92 Å². The smallest absolute Gasteiger partial charge is 0.403 e. The molecule has 1 saturated carbocycles. The van der Waals surface area contributed by atoms with Crippen LogP contribution in [0.4, 0.5) is 0 Å². The van der Waals surface area contributed by atoms with Crippen LogP contribution >= 0.6 is 11.8 Å². The third-order valence-corrected chi connectivity index (χ3v) is 6.01. The molecule has 0 aromatic heterocycles. The summed E-state index contributed by atoms with van der Waals surface area (Å²) in [6.45, 7) is 8.51. The maximum atomic E-state index is 6.14. The van der Waals surface area contributed by atoms with Crippen molar-refractivity contribution in [3.05, 3.63) is 30.3 Å². The van der Waals surface area contributed by atoms with E-state index in [1.54, 1.807) is 0 Å². The van der Waals surface area contributed by atoms with Gasteiger partial charge >= 0.3 is 7.12 Å². The van der Waals surface area contributed by atoms with Gasteiger partial charge in [-0.05, 0) is 58.0 Å². The van der Waals surface area contributed by atoms with Gasteiger partial charge in [-0.25, -0.2) is 0 Å². The highest BCUT2D eigenvalue weighted by Gasteiger charge is 2.59. The molecule has 4 heteroatoms. The first kappa shape index (κ1) is 14.5. The fourth-order valence-corrected chi connectivity index (χ4v) is 3.72. The first-order chi connectivity index (χ1) is 9.39. The summed E-state index contributed by atoms with van der Waals surface area (Å²) in [6.07, 6.45) is 1.23. The molecular formula is C16H23BO2S. The largest absolute Gasteiger partial charge is 0.461 e. The molecule has 1 aliphatic heterocycles. The van der Waals surface area contributed by atoms with Gasteiger partial charge < -0.3 is 9.31 Å². The van der Waals surface area contributed by atoms with Crippen molar-refractivity contribution >= 4 is 18.9 Å². The number of thioether (sulfide) groups is 1. The van der Waals surface area contributed by atoms with Crippen LogP contribution in [0.5, 0.6) is 0 Å². The zero-order valence-electron chi connectivity index (χ0n) is 12.8. The summed E-state index contributed by atoms with van der Waals surface area (Å²) in [7, 11) is -0.0126. The molecule has 2 nitrogen and oxygen atoms in total. The SMILES string of the molecule is CC1(C)OB([C@@H]2C[C@H]2CSc2ccccc2)OC1(C)C. The maximum Gasteiger partial charge on any atom is 0.461 e. The molecule has 1 aromatic rings. The van der Waals surface area contributed by atoms with Gasteiger partial charge in [-0.3, -0.25) is 0 Å². The van der Waals surface area contributed by atoms with Crippen LogP contribution in [-0.4, -0.2) is 24.1 Å². The summed E-state index contributed by atoms with van der Waals surface area (Å²) < 4.78 is 12.3. The van der Waals surface area contributed by atoms with Crippen molar-refractivity contribution in [2.75, 3.05) is 5.75 Å². The number of benzene rings is 1. The van der Waals surface area contributed by atoms with Crippen molar-refractivity contribution in [3.63, 3.8) is 0 Å². The van der Waals surface area contributed by atoms with Gasteiger partial charge in [0.25, 0.3) is 0 Å². The molecule has 1 aromatic carbocycles. The van der Waals surface area contributed by atoms with Gasteiger partial charge in [-0.1, -0.05) is 18.2 Å². The minimum Gasteiger partial charge on any atom is -0.403 e. The second-order valence-electron chi connectivity index (χ2n) is 6.91. The summed E-state index contributed by atoms with van der Waals surface area (Å²) in [6, 6.07) is 10.6. The number of hydrogen-bond donors (Lipinski definition) is 0. The monoisotopic (exact) mass is 290 g/mol. The van der Waals surface area contributed by atoms with Crippen LogP contribution in [0, 0.1) is 5.92 Å². The lowest BCUT2D eigenvalue weighted by atomic mass is 9.81. The lowest BCUT2D eigenvalue weighted by Gasteiger charge is -2.32. The van der Waals surface area contributed by atoms with E-state index < -0.39 is 0 Å². The lowest BCUT2D eigenvalue weighted by Crippen LogP contribution is -2.41. The van der Waals surface area contributed by atoms with E-state index in [9.17, 15) is 0 Å². The average molecular weight is 290 g/mol. The van der Waals surface area contributed by atoms with Crippen LogP contribution in [-0.2, 0) is 9.31 Å². The van der Waals surface area contributed by atoms with Gasteiger partial charge in [0, 0.05) is 10.6 Å². The quantitative estimate of drug-likeness (QED) is 0.609. The van der Waals surface area contributed by atoms with Crippen LogP contribution in [0.2, 0.25) is 5.82 Å². The summed E-state index contributed by atoms with van der Waals surface area (Å²) in [5, 5.41) is 0. The number of rotatable bonds is 4. The summed E-state index contributed by atoms with van der Waals surface area (Å²) >= 11 is 1.94. The van der Waals surface area contributed by atoms with Crippen molar-refractivity contribution in [1.29, 1.82) is 0 Å². The highest BCUT2D eigenvalue weighted by molar-refractivity contribution is 7.99. The standard InChI is InChI=1S/C16H23BO2S/c1-15(2)16(3,4)19-17(18-15)14-10-12(14)11-20-13-8-6-5-7-9-13/h5-9,12,14H,10-11H2,1-4H3/t12-,14+/m0/s1. The molecule has 1 saturated heterocycles. The Kier molecular flexibility index (Phi) is 3.68. The Hall–Kier alpha value is -0.445. The van der Waals surface area contributed by atoms with E-state index in [2.05, 4.69) is 58.0 Å². The third-order valence-electron chi connectivity index (χ3n) is 4.81. The topological polar surface area (TPSA) is 18.5 Å². The van der Waals surface area contributed by atoms with Crippen molar-refractivity contribution < 1.29 is 9.31 Å². The van der Waals surface area contributed by atoms with E-state index in [1.807, 2.05) is 11.8 Å². The molecule has 1 heterocycles. The zero-order valence-corrected chi connectivity index (χ0v) is 13.6. The Morgan fingerprint density at radius 2 is 1.70 bits per heavy atom. The Morgan fingerprint density at radius 1 is 1.10 bits per heavy atom. The molecule has 2 atom stereocenters. The second kappa shape index (κ2) is 5.08. The molecular weight excluding hydrogens is 267 g/mol. The Labute approximate surface area is 126 Å². The molecule has 0 spiro atoms. The van der Waals surface area contributed by atoms with Gasteiger partial charge in [-0.2, -0.15) is 0 Å². The molecule has 0 N–H and O–H groups in total. The van der Waals surface area contributed by atoms with Crippen LogP contribution in [0.1, 0.15) is 34.1 Å². The van der Waals surface area contributed by atoms with E-state index >= 15 is 0 Å². The first-order valence-electron chi connectivity index (χ1n) is 7.42. The number of hydrogen-bond acceptors (Lipinski definition) is 3. The Bertz CT molecular complexity index is 459. The van der Waals surface area contributed by atoms with Crippen LogP contribution in [0.25, 0.3) is 0 Å². The normalized spacial score (nSPS) is 30.5. The molecule has 1 aliphatic carbocycles. The first-order valence-corrected chi connectivity index (χ1v) is 8.41. The highest BCUT2D eigenvalue weighted by Crippen LogP contribution is 2.54. The summed E-state index contributed by atoms with van der Waals surface area (Å²) in [4.78, 5) is 1.35. The second-order valence-corrected chi connectivity index (χ2v) is 8.00. The van der Waals surface area contributed by atoms with Gasteiger partial charge in [-0.15, -0.1) is 11.8 Å². The molecule has 2 fully saturated rings. The average Bonchev–Trinajstić information content (AvgIpc) is 3.11. The van der Waals surface area contributed by atoms with Crippen molar-refractivity contribution in [3.8, 4) is 0 Å². The van der Waals surface area contributed by atoms with Crippen molar-refractivity contribution in [2.45, 2.75) is 56.0 Å². The fraction of sp³-hybridized carbons (Fsp3) is 0.625. The lowest BCUT2D eigenvalue weighted by molar-refractivity contribution is 0.00578. The van der Waals surface area contributed by atoms with Gasteiger partial charge in [0.05, 0.1) is 11.2 Å². The van der Waals surface area contributed by atoms with E-state index in [0.29, 0.717) is 5.82 Å². The van der Waals surface area contributed by atoms with Crippen molar-refractivity contribution in [2.24, 2.45) is 5.92 Å².